The van der Waals surface area contributed by atoms with Gasteiger partial charge in [-0.3, -0.25) is 4.79 Å². The van der Waals surface area contributed by atoms with E-state index in [0.717, 1.165) is 12.1 Å². The first-order chi connectivity index (χ1) is 12.5. The van der Waals surface area contributed by atoms with E-state index < -0.39 is 10.0 Å². The minimum atomic E-state index is -3.21. The molecule has 1 fully saturated rings. The number of carbonyl (C=O) groups is 1. The fourth-order valence-corrected chi connectivity index (χ4v) is 3.70. The predicted octanol–water partition coefficient (Wildman–Crippen LogP) is 2.17. The predicted molar refractivity (Wildman–Crippen MR) is 105 cm³/mol. The third-order valence-electron chi connectivity index (χ3n) is 4.79. The van der Waals surface area contributed by atoms with Gasteiger partial charge in [0.2, 0.25) is 10.0 Å². The summed E-state index contributed by atoms with van der Waals surface area (Å²) in [6, 6.07) is 7.58. The quantitative estimate of drug-likeness (QED) is 0.452. The third-order valence-corrected chi connectivity index (χ3v) is 6.14. The zero-order valence-corrected chi connectivity index (χ0v) is 16.4. The maximum atomic E-state index is 12.2. The van der Waals surface area contributed by atoms with E-state index in [1.54, 1.807) is 31.2 Å². The lowest BCUT2D eigenvalue weighted by molar-refractivity contribution is 0.0953. The van der Waals surface area contributed by atoms with Crippen molar-refractivity contribution in [3.63, 3.8) is 0 Å². The monoisotopic (exact) mass is 381 g/mol. The number of rotatable bonds is 9. The van der Waals surface area contributed by atoms with Crippen molar-refractivity contribution in [2.75, 3.05) is 18.8 Å². The molecule has 7 heteroatoms. The molecule has 1 aliphatic carbocycles. The second-order valence-corrected chi connectivity index (χ2v) is 8.92. The highest BCUT2D eigenvalue weighted by Crippen LogP contribution is 2.16. The SMILES string of the molecule is CCS(=O)(=O)NCc1ccc(C(=O)NCCNC2CCCCCC2)cc1. The summed E-state index contributed by atoms with van der Waals surface area (Å²) in [4.78, 5) is 12.2. The molecule has 0 saturated heterocycles. The fourth-order valence-electron chi connectivity index (χ4n) is 3.11. The Morgan fingerprint density at radius 2 is 1.69 bits per heavy atom. The third kappa shape index (κ3) is 7.43. The highest BCUT2D eigenvalue weighted by molar-refractivity contribution is 7.89. The van der Waals surface area contributed by atoms with E-state index >= 15 is 0 Å². The Bertz CT molecular complexity index is 651. The van der Waals surface area contributed by atoms with Crippen LogP contribution in [-0.4, -0.2) is 39.2 Å². The molecule has 0 bridgehead atoms. The van der Waals surface area contributed by atoms with E-state index in [-0.39, 0.29) is 18.2 Å². The van der Waals surface area contributed by atoms with Crippen molar-refractivity contribution in [2.45, 2.75) is 58.0 Å². The second-order valence-electron chi connectivity index (χ2n) is 6.82. The first-order valence-electron chi connectivity index (χ1n) is 9.58. The fraction of sp³-hybridized carbons (Fsp3) is 0.632. The van der Waals surface area contributed by atoms with E-state index in [4.69, 9.17) is 0 Å². The van der Waals surface area contributed by atoms with Crippen LogP contribution in [0.5, 0.6) is 0 Å². The van der Waals surface area contributed by atoms with Crippen LogP contribution in [0.15, 0.2) is 24.3 Å². The summed E-state index contributed by atoms with van der Waals surface area (Å²) in [5, 5.41) is 6.46. The Kier molecular flexibility index (Phi) is 8.54. The molecule has 0 radical (unpaired) electrons. The molecule has 1 amide bonds. The summed E-state index contributed by atoms with van der Waals surface area (Å²) in [5.41, 5.74) is 1.41. The first-order valence-corrected chi connectivity index (χ1v) is 11.2. The Labute approximate surface area is 157 Å². The maximum absolute atomic E-state index is 12.2. The molecule has 26 heavy (non-hydrogen) atoms. The minimum absolute atomic E-state index is 0.0579. The highest BCUT2D eigenvalue weighted by Gasteiger charge is 2.11. The van der Waals surface area contributed by atoms with Crippen molar-refractivity contribution in [3.8, 4) is 0 Å². The summed E-state index contributed by atoms with van der Waals surface area (Å²) >= 11 is 0. The molecule has 146 valence electrons. The van der Waals surface area contributed by atoms with Gasteiger partial charge < -0.3 is 10.6 Å². The topological polar surface area (TPSA) is 87.3 Å². The van der Waals surface area contributed by atoms with Gasteiger partial charge in [-0.1, -0.05) is 37.8 Å². The zero-order chi connectivity index (χ0) is 18.8. The van der Waals surface area contributed by atoms with Crippen LogP contribution >= 0.6 is 0 Å². The van der Waals surface area contributed by atoms with Crippen molar-refractivity contribution in [3.05, 3.63) is 35.4 Å². The molecule has 1 aromatic rings. The van der Waals surface area contributed by atoms with Gasteiger partial charge in [0.15, 0.2) is 0 Å². The molecule has 6 nitrogen and oxygen atoms in total. The number of sulfonamides is 1. The Morgan fingerprint density at radius 3 is 2.31 bits per heavy atom. The molecule has 2 rings (SSSR count). The van der Waals surface area contributed by atoms with E-state index in [2.05, 4.69) is 15.4 Å². The van der Waals surface area contributed by atoms with Crippen molar-refractivity contribution in [1.29, 1.82) is 0 Å². The Hall–Kier alpha value is -1.44. The van der Waals surface area contributed by atoms with Crippen LogP contribution in [0.1, 0.15) is 61.4 Å². The number of hydrogen-bond acceptors (Lipinski definition) is 4. The number of nitrogens with one attached hydrogen (secondary N) is 3. The number of hydrogen-bond donors (Lipinski definition) is 3. The minimum Gasteiger partial charge on any atom is -0.351 e. The van der Waals surface area contributed by atoms with Crippen LogP contribution in [0.3, 0.4) is 0 Å². The number of carbonyl (C=O) groups excluding carboxylic acids is 1. The smallest absolute Gasteiger partial charge is 0.251 e. The van der Waals surface area contributed by atoms with Crippen LogP contribution in [0.25, 0.3) is 0 Å². The molecule has 0 atom stereocenters. The van der Waals surface area contributed by atoms with Gasteiger partial charge in [0, 0.05) is 31.2 Å². The van der Waals surface area contributed by atoms with Gasteiger partial charge in [0.1, 0.15) is 0 Å². The molecule has 3 N–H and O–H groups in total. The van der Waals surface area contributed by atoms with E-state index in [0.29, 0.717) is 18.2 Å². The van der Waals surface area contributed by atoms with Crippen molar-refractivity contribution in [2.24, 2.45) is 0 Å². The Balaban J connectivity index is 1.70. The summed E-state index contributed by atoms with van der Waals surface area (Å²) < 4.78 is 25.4. The lowest BCUT2D eigenvalue weighted by atomic mass is 10.1. The summed E-state index contributed by atoms with van der Waals surface area (Å²) in [6.45, 7) is 3.23. The summed E-state index contributed by atoms with van der Waals surface area (Å²) in [6.07, 6.45) is 7.74. The van der Waals surface area contributed by atoms with Crippen LogP contribution in [-0.2, 0) is 16.6 Å². The van der Waals surface area contributed by atoms with Gasteiger partial charge in [0.05, 0.1) is 5.75 Å². The Morgan fingerprint density at radius 1 is 1.04 bits per heavy atom. The summed E-state index contributed by atoms with van der Waals surface area (Å²) in [7, 11) is -3.21. The van der Waals surface area contributed by atoms with Gasteiger partial charge >= 0.3 is 0 Å². The van der Waals surface area contributed by atoms with Crippen molar-refractivity contribution >= 4 is 15.9 Å². The van der Waals surface area contributed by atoms with Crippen LogP contribution in [0.2, 0.25) is 0 Å². The highest BCUT2D eigenvalue weighted by atomic mass is 32.2. The lowest BCUT2D eigenvalue weighted by Gasteiger charge is -2.16. The van der Waals surface area contributed by atoms with Gasteiger partial charge in [-0.2, -0.15) is 0 Å². The van der Waals surface area contributed by atoms with Crippen molar-refractivity contribution < 1.29 is 13.2 Å². The number of benzene rings is 1. The normalized spacial score (nSPS) is 16.2. The average Bonchev–Trinajstić information content (AvgIpc) is 2.93. The molecule has 0 aromatic heterocycles. The molecular formula is C19H31N3O3S. The first kappa shape index (κ1) is 20.9. The molecule has 0 spiro atoms. The molecule has 1 aliphatic rings. The standard InChI is InChI=1S/C19H31N3O3S/c1-2-26(24,25)22-15-16-9-11-17(12-10-16)19(23)21-14-13-20-18-7-5-3-4-6-8-18/h9-12,18,20,22H,2-8,13-15H2,1H3,(H,21,23). The van der Waals surface area contributed by atoms with Gasteiger partial charge in [0.25, 0.3) is 5.91 Å². The van der Waals surface area contributed by atoms with Gasteiger partial charge in [-0.05, 0) is 37.5 Å². The molecular weight excluding hydrogens is 350 g/mol. The second kappa shape index (κ2) is 10.6. The van der Waals surface area contributed by atoms with Crippen LogP contribution in [0.4, 0.5) is 0 Å². The van der Waals surface area contributed by atoms with E-state index in [1.165, 1.54) is 38.5 Å². The number of amides is 1. The maximum Gasteiger partial charge on any atom is 0.251 e. The molecule has 1 saturated carbocycles. The molecule has 0 aliphatic heterocycles. The largest absolute Gasteiger partial charge is 0.351 e. The molecule has 0 unspecified atom stereocenters. The molecule has 0 heterocycles. The van der Waals surface area contributed by atoms with E-state index in [1.807, 2.05) is 0 Å². The van der Waals surface area contributed by atoms with Gasteiger partial charge in [-0.25, -0.2) is 13.1 Å². The average molecular weight is 382 g/mol. The van der Waals surface area contributed by atoms with Crippen LogP contribution in [0, 0.1) is 0 Å². The van der Waals surface area contributed by atoms with E-state index in [9.17, 15) is 13.2 Å². The summed E-state index contributed by atoms with van der Waals surface area (Å²) in [5.74, 6) is -0.0455. The van der Waals surface area contributed by atoms with Crippen molar-refractivity contribution in [1.82, 2.24) is 15.4 Å². The van der Waals surface area contributed by atoms with Gasteiger partial charge in [-0.15, -0.1) is 0 Å². The molecule has 1 aromatic carbocycles. The zero-order valence-electron chi connectivity index (χ0n) is 15.6. The van der Waals surface area contributed by atoms with Crippen LogP contribution < -0.4 is 15.4 Å². The lowest BCUT2D eigenvalue weighted by Crippen LogP contribution is -2.36.